The van der Waals surface area contributed by atoms with Gasteiger partial charge in [-0.25, -0.2) is 9.97 Å². The average molecular weight is 244 g/mol. The van der Waals surface area contributed by atoms with E-state index in [1.165, 1.54) is 5.56 Å². The van der Waals surface area contributed by atoms with Crippen LogP contribution in [-0.2, 0) is 12.8 Å². The first-order valence-corrected chi connectivity index (χ1v) is 6.47. The van der Waals surface area contributed by atoms with Crippen molar-refractivity contribution >= 4 is 0 Å². The molecule has 0 spiro atoms. The maximum absolute atomic E-state index is 4.42. The fourth-order valence-corrected chi connectivity index (χ4v) is 2.05. The summed E-state index contributed by atoms with van der Waals surface area (Å²) in [5, 5.41) is 7.34. The first-order chi connectivity index (χ1) is 8.61. The molecule has 18 heavy (non-hydrogen) atoms. The van der Waals surface area contributed by atoms with Gasteiger partial charge < -0.3 is 0 Å². The largest absolute Gasteiger partial charge is 0.282 e. The molecule has 0 atom stereocenters. The van der Waals surface area contributed by atoms with Gasteiger partial charge in [-0.2, -0.15) is 5.10 Å². The second-order valence-corrected chi connectivity index (χ2v) is 5.04. The molecule has 0 fully saturated rings. The second kappa shape index (κ2) is 5.29. The van der Waals surface area contributed by atoms with E-state index >= 15 is 0 Å². The maximum Gasteiger partial charge on any atom is 0.180 e. The van der Waals surface area contributed by atoms with Crippen molar-refractivity contribution in [2.75, 3.05) is 0 Å². The highest BCUT2D eigenvalue weighted by Crippen LogP contribution is 2.20. The van der Waals surface area contributed by atoms with Gasteiger partial charge >= 0.3 is 0 Å². The monoisotopic (exact) mass is 244 g/mol. The molecule has 1 N–H and O–H groups in total. The summed E-state index contributed by atoms with van der Waals surface area (Å²) in [7, 11) is 0. The van der Waals surface area contributed by atoms with Crippen LogP contribution in [0.4, 0.5) is 0 Å². The fraction of sp³-hybridized carbons (Fsp3) is 0.500. The molecular weight excluding hydrogens is 224 g/mol. The Labute approximate surface area is 108 Å². The third kappa shape index (κ3) is 2.58. The minimum absolute atomic E-state index is 0.623. The van der Waals surface area contributed by atoms with Crippen LogP contribution in [0.25, 0.3) is 11.5 Å². The van der Waals surface area contributed by atoms with Crippen LogP contribution >= 0.6 is 0 Å². The molecule has 0 saturated heterocycles. The first-order valence-electron chi connectivity index (χ1n) is 6.47. The number of aromatic amines is 1. The topological polar surface area (TPSA) is 54.5 Å². The van der Waals surface area contributed by atoms with Crippen LogP contribution in [0.3, 0.4) is 0 Å². The summed E-state index contributed by atoms with van der Waals surface area (Å²) in [6.07, 6.45) is 5.77. The van der Waals surface area contributed by atoms with Gasteiger partial charge in [-0.1, -0.05) is 20.8 Å². The summed E-state index contributed by atoms with van der Waals surface area (Å²) in [6.45, 7) is 8.55. The summed E-state index contributed by atoms with van der Waals surface area (Å²) in [5.74, 6) is 1.33. The normalized spacial score (nSPS) is 11.2. The Morgan fingerprint density at radius 2 is 1.89 bits per heavy atom. The highest BCUT2D eigenvalue weighted by Gasteiger charge is 2.12. The average Bonchev–Trinajstić information content (AvgIpc) is 2.71. The van der Waals surface area contributed by atoms with Crippen molar-refractivity contribution in [2.45, 2.75) is 40.5 Å². The Morgan fingerprint density at radius 3 is 2.39 bits per heavy atom. The van der Waals surface area contributed by atoms with Crippen LogP contribution in [0.15, 0.2) is 12.4 Å². The lowest BCUT2D eigenvalue weighted by molar-refractivity contribution is 0.643. The minimum atomic E-state index is 0.623. The molecule has 2 heterocycles. The number of H-pyrrole nitrogens is 1. The van der Waals surface area contributed by atoms with E-state index in [-0.39, 0.29) is 0 Å². The van der Waals surface area contributed by atoms with E-state index in [9.17, 15) is 0 Å². The van der Waals surface area contributed by atoms with Crippen LogP contribution < -0.4 is 0 Å². The van der Waals surface area contributed by atoms with Gasteiger partial charge in [0.05, 0.1) is 0 Å². The third-order valence-electron chi connectivity index (χ3n) is 3.03. The Morgan fingerprint density at radius 1 is 1.22 bits per heavy atom. The summed E-state index contributed by atoms with van der Waals surface area (Å²) >= 11 is 0. The van der Waals surface area contributed by atoms with Crippen molar-refractivity contribution in [3.8, 4) is 11.5 Å². The zero-order valence-corrected chi connectivity index (χ0v) is 11.5. The zero-order chi connectivity index (χ0) is 13.1. The van der Waals surface area contributed by atoms with Gasteiger partial charge in [-0.15, -0.1) is 0 Å². The summed E-state index contributed by atoms with van der Waals surface area (Å²) in [6, 6.07) is 0. The molecule has 96 valence electrons. The number of aryl methyl sites for hydroxylation is 1. The molecule has 2 aromatic heterocycles. The fourth-order valence-electron chi connectivity index (χ4n) is 2.05. The lowest BCUT2D eigenvalue weighted by atomic mass is 10.1. The summed E-state index contributed by atoms with van der Waals surface area (Å²) < 4.78 is 0. The van der Waals surface area contributed by atoms with E-state index in [0.717, 1.165) is 29.8 Å². The SMILES string of the molecule is CCc1[nH]nc(-c2ncc(CC(C)C)cn2)c1C. The van der Waals surface area contributed by atoms with Crippen LogP contribution in [0.2, 0.25) is 0 Å². The van der Waals surface area contributed by atoms with E-state index in [2.05, 4.69) is 47.9 Å². The van der Waals surface area contributed by atoms with Gasteiger partial charge in [0.15, 0.2) is 5.82 Å². The molecule has 4 heteroatoms. The van der Waals surface area contributed by atoms with Gasteiger partial charge in [0.25, 0.3) is 0 Å². The number of nitrogens with zero attached hydrogens (tertiary/aromatic N) is 3. The highest BCUT2D eigenvalue weighted by atomic mass is 15.1. The molecule has 0 aliphatic carbocycles. The lowest BCUT2D eigenvalue weighted by Crippen LogP contribution is -1.98. The number of nitrogens with one attached hydrogen (secondary N) is 1. The van der Waals surface area contributed by atoms with Crippen LogP contribution in [0.1, 0.15) is 37.6 Å². The van der Waals surface area contributed by atoms with E-state index < -0.39 is 0 Å². The van der Waals surface area contributed by atoms with Gasteiger partial charge in [-0.05, 0) is 31.2 Å². The molecule has 0 saturated carbocycles. The molecule has 0 radical (unpaired) electrons. The Balaban J connectivity index is 2.26. The number of hydrogen-bond acceptors (Lipinski definition) is 3. The molecule has 0 bridgehead atoms. The number of rotatable bonds is 4. The van der Waals surface area contributed by atoms with Crippen LogP contribution in [0.5, 0.6) is 0 Å². The lowest BCUT2D eigenvalue weighted by Gasteiger charge is -2.04. The van der Waals surface area contributed by atoms with E-state index in [1.54, 1.807) is 0 Å². The van der Waals surface area contributed by atoms with E-state index in [0.29, 0.717) is 11.7 Å². The molecule has 0 aliphatic rings. The van der Waals surface area contributed by atoms with Crippen molar-refractivity contribution in [3.63, 3.8) is 0 Å². The Bertz CT molecular complexity index is 511. The van der Waals surface area contributed by atoms with E-state index in [1.807, 2.05) is 12.4 Å². The quantitative estimate of drug-likeness (QED) is 0.899. The Hall–Kier alpha value is -1.71. The van der Waals surface area contributed by atoms with Crippen molar-refractivity contribution in [1.82, 2.24) is 20.2 Å². The molecule has 0 amide bonds. The Kier molecular flexibility index (Phi) is 3.75. The van der Waals surface area contributed by atoms with Crippen LogP contribution in [-0.4, -0.2) is 20.2 Å². The predicted octanol–water partition coefficient (Wildman–Crippen LogP) is 2.94. The van der Waals surface area contributed by atoms with Gasteiger partial charge in [0.1, 0.15) is 5.69 Å². The number of aromatic nitrogens is 4. The molecule has 0 aliphatic heterocycles. The molecule has 0 unspecified atom stereocenters. The van der Waals surface area contributed by atoms with Gasteiger partial charge in [-0.3, -0.25) is 5.10 Å². The highest BCUT2D eigenvalue weighted by molar-refractivity contribution is 5.55. The van der Waals surface area contributed by atoms with Crippen LogP contribution in [0, 0.1) is 12.8 Å². The number of hydrogen-bond donors (Lipinski definition) is 1. The molecule has 4 nitrogen and oxygen atoms in total. The smallest absolute Gasteiger partial charge is 0.180 e. The van der Waals surface area contributed by atoms with Crippen molar-refractivity contribution < 1.29 is 0 Å². The molecule has 0 aromatic carbocycles. The van der Waals surface area contributed by atoms with E-state index in [4.69, 9.17) is 0 Å². The predicted molar refractivity (Wildman–Crippen MR) is 72.3 cm³/mol. The molecule has 2 rings (SSSR count). The first kappa shape index (κ1) is 12.7. The van der Waals surface area contributed by atoms with Crippen molar-refractivity contribution in [2.24, 2.45) is 5.92 Å². The zero-order valence-electron chi connectivity index (χ0n) is 11.5. The molecular formula is C14H20N4. The van der Waals surface area contributed by atoms with Crippen molar-refractivity contribution in [1.29, 1.82) is 0 Å². The molecule has 2 aromatic rings. The maximum atomic E-state index is 4.42. The summed E-state index contributed by atoms with van der Waals surface area (Å²) in [5.41, 5.74) is 4.34. The summed E-state index contributed by atoms with van der Waals surface area (Å²) in [4.78, 5) is 8.83. The third-order valence-corrected chi connectivity index (χ3v) is 3.03. The standard InChI is InChI=1S/C14H20N4/c1-5-12-10(4)13(18-17-12)14-15-7-11(8-16-14)6-9(2)3/h7-9H,5-6H2,1-4H3,(H,17,18). The minimum Gasteiger partial charge on any atom is -0.282 e. The van der Waals surface area contributed by atoms with Gasteiger partial charge in [0, 0.05) is 23.7 Å². The van der Waals surface area contributed by atoms with Gasteiger partial charge in [0.2, 0.25) is 0 Å². The van der Waals surface area contributed by atoms with Crippen molar-refractivity contribution in [3.05, 3.63) is 29.2 Å². The second-order valence-electron chi connectivity index (χ2n) is 5.04.